The molecule has 1 rings (SSSR count). The zero-order valence-electron chi connectivity index (χ0n) is 9.62. The van der Waals surface area contributed by atoms with E-state index >= 15 is 0 Å². The van der Waals surface area contributed by atoms with Crippen LogP contribution >= 0.6 is 0 Å². The first-order chi connectivity index (χ1) is 7.09. The van der Waals surface area contributed by atoms with Crippen molar-refractivity contribution in [3.63, 3.8) is 0 Å². The molecule has 0 bridgehead atoms. The van der Waals surface area contributed by atoms with Gasteiger partial charge in [0, 0.05) is 18.4 Å². The summed E-state index contributed by atoms with van der Waals surface area (Å²) in [6.45, 7) is 5.81. The molecule has 84 valence electrons. The van der Waals surface area contributed by atoms with Crippen molar-refractivity contribution in [1.82, 2.24) is 5.32 Å². The number of hydrogen-bond acceptors (Lipinski definition) is 2. The van der Waals surface area contributed by atoms with E-state index in [1.165, 1.54) is 0 Å². The van der Waals surface area contributed by atoms with Crippen LogP contribution < -0.4 is 5.32 Å². The Morgan fingerprint density at radius 3 is 2.73 bits per heavy atom. The Morgan fingerprint density at radius 2 is 2.20 bits per heavy atom. The van der Waals surface area contributed by atoms with E-state index in [-0.39, 0.29) is 17.9 Å². The smallest absolute Gasteiger partial charge is 0.222 e. The summed E-state index contributed by atoms with van der Waals surface area (Å²) in [5.74, 6) is 1.14. The first-order valence-electron chi connectivity index (χ1n) is 5.42. The highest BCUT2D eigenvalue weighted by atomic mass is 16.3. The van der Waals surface area contributed by atoms with E-state index in [1.54, 1.807) is 6.26 Å². The van der Waals surface area contributed by atoms with Crippen LogP contribution in [0.4, 0.5) is 0 Å². The number of aryl methyl sites for hydroxylation is 1. The van der Waals surface area contributed by atoms with Crippen LogP contribution in [0.3, 0.4) is 0 Å². The number of nitrogens with one attached hydrogen (secondary N) is 1. The summed E-state index contributed by atoms with van der Waals surface area (Å²) in [5.41, 5.74) is 0. The molecule has 1 aromatic rings. The molecule has 0 aromatic carbocycles. The lowest BCUT2D eigenvalue weighted by Gasteiger charge is -2.14. The van der Waals surface area contributed by atoms with Gasteiger partial charge in [-0.2, -0.15) is 0 Å². The van der Waals surface area contributed by atoms with Crippen molar-refractivity contribution in [2.45, 2.75) is 39.7 Å². The zero-order valence-corrected chi connectivity index (χ0v) is 9.62. The van der Waals surface area contributed by atoms with Gasteiger partial charge >= 0.3 is 0 Å². The van der Waals surface area contributed by atoms with Gasteiger partial charge in [-0.1, -0.05) is 13.8 Å². The highest BCUT2D eigenvalue weighted by Crippen LogP contribution is 2.06. The summed E-state index contributed by atoms with van der Waals surface area (Å²) < 4.78 is 5.22. The molecule has 0 fully saturated rings. The van der Waals surface area contributed by atoms with E-state index in [1.807, 2.05) is 32.9 Å². The van der Waals surface area contributed by atoms with E-state index in [9.17, 15) is 4.79 Å². The summed E-state index contributed by atoms with van der Waals surface area (Å²) in [6, 6.07) is 4.04. The molecule has 0 aliphatic rings. The van der Waals surface area contributed by atoms with Crippen LogP contribution in [0.1, 0.15) is 33.0 Å². The molecule has 0 unspecified atom stereocenters. The van der Waals surface area contributed by atoms with E-state index in [0.717, 1.165) is 18.6 Å². The van der Waals surface area contributed by atoms with Crippen LogP contribution in [0.2, 0.25) is 0 Å². The average Bonchev–Trinajstić information content (AvgIpc) is 2.66. The normalized spacial score (nSPS) is 12.8. The van der Waals surface area contributed by atoms with E-state index in [2.05, 4.69) is 5.32 Å². The molecule has 0 saturated carbocycles. The molecule has 15 heavy (non-hydrogen) atoms. The quantitative estimate of drug-likeness (QED) is 0.809. The second-order valence-corrected chi connectivity index (χ2v) is 4.18. The van der Waals surface area contributed by atoms with Crippen molar-refractivity contribution in [2.24, 2.45) is 5.92 Å². The molecule has 1 amide bonds. The van der Waals surface area contributed by atoms with Gasteiger partial charge in [0.2, 0.25) is 5.91 Å². The molecule has 0 spiro atoms. The van der Waals surface area contributed by atoms with Gasteiger partial charge in [0.05, 0.1) is 6.26 Å². The zero-order chi connectivity index (χ0) is 11.3. The first-order valence-corrected chi connectivity index (χ1v) is 5.42. The second-order valence-electron chi connectivity index (χ2n) is 4.18. The van der Waals surface area contributed by atoms with Crippen LogP contribution in [0.5, 0.6) is 0 Å². The molecule has 1 heterocycles. The Morgan fingerprint density at radius 1 is 1.47 bits per heavy atom. The predicted molar refractivity (Wildman–Crippen MR) is 59.5 cm³/mol. The summed E-state index contributed by atoms with van der Waals surface area (Å²) in [7, 11) is 0. The summed E-state index contributed by atoms with van der Waals surface area (Å²) >= 11 is 0. The minimum absolute atomic E-state index is 0.0519. The number of amides is 1. The molecule has 3 heteroatoms. The minimum atomic E-state index is 0.0519. The highest BCUT2D eigenvalue weighted by Gasteiger charge is 2.10. The largest absolute Gasteiger partial charge is 0.469 e. The van der Waals surface area contributed by atoms with Gasteiger partial charge in [-0.3, -0.25) is 4.79 Å². The molecule has 1 atom stereocenters. The van der Waals surface area contributed by atoms with Crippen molar-refractivity contribution in [1.29, 1.82) is 0 Å². The monoisotopic (exact) mass is 209 g/mol. The number of carbonyl (C=O) groups is 1. The molecule has 0 aliphatic carbocycles. The molecule has 0 aliphatic heterocycles. The molecule has 0 radical (unpaired) electrons. The van der Waals surface area contributed by atoms with Gasteiger partial charge in [-0.15, -0.1) is 0 Å². The molecular formula is C12H19NO2. The lowest BCUT2D eigenvalue weighted by atomic mass is 10.1. The number of carbonyl (C=O) groups excluding carboxylic acids is 1. The van der Waals surface area contributed by atoms with Gasteiger partial charge in [-0.05, 0) is 25.5 Å². The molecular weight excluding hydrogens is 190 g/mol. The van der Waals surface area contributed by atoms with Crippen LogP contribution in [0.25, 0.3) is 0 Å². The Bertz CT molecular complexity index is 291. The Balaban J connectivity index is 2.24. The molecule has 1 aromatic heterocycles. The maximum absolute atomic E-state index is 11.4. The van der Waals surface area contributed by atoms with Gasteiger partial charge < -0.3 is 9.73 Å². The fourth-order valence-electron chi connectivity index (χ4n) is 1.30. The topological polar surface area (TPSA) is 42.2 Å². The maximum atomic E-state index is 11.4. The predicted octanol–water partition coefficient (Wildman–Crippen LogP) is 2.37. The fourth-order valence-corrected chi connectivity index (χ4v) is 1.30. The highest BCUT2D eigenvalue weighted by molar-refractivity contribution is 5.78. The van der Waals surface area contributed by atoms with Crippen LogP contribution in [0, 0.1) is 5.92 Å². The lowest BCUT2D eigenvalue weighted by Crippen LogP contribution is -2.35. The third-order valence-electron chi connectivity index (χ3n) is 2.32. The minimum Gasteiger partial charge on any atom is -0.469 e. The Hall–Kier alpha value is -1.25. The van der Waals surface area contributed by atoms with Crippen molar-refractivity contribution < 1.29 is 9.21 Å². The number of furan rings is 1. The first kappa shape index (κ1) is 11.8. The van der Waals surface area contributed by atoms with Crippen LogP contribution in [0.15, 0.2) is 22.8 Å². The van der Waals surface area contributed by atoms with E-state index < -0.39 is 0 Å². The van der Waals surface area contributed by atoms with Crippen LogP contribution in [-0.2, 0) is 11.2 Å². The number of rotatable bonds is 5. The molecule has 3 nitrogen and oxygen atoms in total. The Kier molecular flexibility index (Phi) is 4.40. The van der Waals surface area contributed by atoms with Crippen molar-refractivity contribution in [2.75, 3.05) is 0 Å². The molecule has 0 saturated heterocycles. The summed E-state index contributed by atoms with van der Waals surface area (Å²) in [5, 5.41) is 2.96. The van der Waals surface area contributed by atoms with Crippen molar-refractivity contribution >= 4 is 5.91 Å². The van der Waals surface area contributed by atoms with Crippen molar-refractivity contribution in [3.05, 3.63) is 24.2 Å². The SMILES string of the molecule is CC(C)C(=O)N[C@H](C)CCc1ccco1. The van der Waals surface area contributed by atoms with Gasteiger partial charge in [0.15, 0.2) is 0 Å². The maximum Gasteiger partial charge on any atom is 0.222 e. The standard InChI is InChI=1S/C12H19NO2/c1-9(2)12(14)13-10(3)6-7-11-5-4-8-15-11/h4-5,8-10H,6-7H2,1-3H3,(H,13,14)/t10-/m1/s1. The van der Waals surface area contributed by atoms with Gasteiger partial charge in [0.25, 0.3) is 0 Å². The van der Waals surface area contributed by atoms with Crippen LogP contribution in [-0.4, -0.2) is 11.9 Å². The van der Waals surface area contributed by atoms with Gasteiger partial charge in [0.1, 0.15) is 5.76 Å². The Labute approximate surface area is 90.9 Å². The summed E-state index contributed by atoms with van der Waals surface area (Å²) in [4.78, 5) is 11.4. The van der Waals surface area contributed by atoms with E-state index in [0.29, 0.717) is 0 Å². The third kappa shape index (κ3) is 4.19. The fraction of sp³-hybridized carbons (Fsp3) is 0.583. The average molecular weight is 209 g/mol. The lowest BCUT2D eigenvalue weighted by molar-refractivity contribution is -0.124. The third-order valence-corrected chi connectivity index (χ3v) is 2.32. The van der Waals surface area contributed by atoms with Gasteiger partial charge in [-0.25, -0.2) is 0 Å². The summed E-state index contributed by atoms with van der Waals surface area (Å²) in [6.07, 6.45) is 3.45. The van der Waals surface area contributed by atoms with Crippen molar-refractivity contribution in [3.8, 4) is 0 Å². The molecule has 1 N–H and O–H groups in total. The number of hydrogen-bond donors (Lipinski definition) is 1. The second kappa shape index (κ2) is 5.59. The van der Waals surface area contributed by atoms with E-state index in [4.69, 9.17) is 4.42 Å².